The lowest BCUT2D eigenvalue weighted by Crippen LogP contribution is -2.54. The number of carbonyl (C=O) groups is 2. The van der Waals surface area contributed by atoms with Crippen molar-refractivity contribution in [1.29, 1.82) is 0 Å². The number of hydrogen-bond donors (Lipinski definition) is 2. The first-order valence-corrected chi connectivity index (χ1v) is 10.8. The third-order valence-corrected chi connectivity index (χ3v) is 7.68. The summed E-state index contributed by atoms with van der Waals surface area (Å²) < 4.78 is 25.4. The second-order valence-corrected chi connectivity index (χ2v) is 9.50. The topological polar surface area (TPSA) is 104 Å². The van der Waals surface area contributed by atoms with Gasteiger partial charge in [0.1, 0.15) is 5.54 Å². The van der Waals surface area contributed by atoms with E-state index < -0.39 is 27.4 Å². The molecule has 9 heteroatoms. The van der Waals surface area contributed by atoms with Gasteiger partial charge in [-0.25, -0.2) is 13.2 Å². The number of carbonyl (C=O) groups excluding carboxylic acids is 1. The predicted molar refractivity (Wildman–Crippen MR) is 96.7 cm³/mol. The molecule has 0 radical (unpaired) electrons. The molecule has 136 valence electrons. The molecule has 3 rings (SSSR count). The summed E-state index contributed by atoms with van der Waals surface area (Å²) in [6.45, 7) is 2.16. The Hall–Kier alpha value is -1.74. The van der Waals surface area contributed by atoms with E-state index in [2.05, 4.69) is 5.32 Å². The SMILES string of the molecule is Cc1cc(N2CCCS2(=O)=O)ccc1C(=O)NC1(C(=O)O)CCSC1. The monoisotopic (exact) mass is 384 g/mol. The highest BCUT2D eigenvalue weighted by molar-refractivity contribution is 7.99. The number of rotatable bonds is 4. The van der Waals surface area contributed by atoms with Gasteiger partial charge in [0.25, 0.3) is 5.91 Å². The van der Waals surface area contributed by atoms with E-state index in [1.54, 1.807) is 25.1 Å². The fourth-order valence-corrected chi connectivity index (χ4v) is 6.04. The van der Waals surface area contributed by atoms with Crippen LogP contribution in [0.15, 0.2) is 18.2 Å². The molecule has 2 fully saturated rings. The van der Waals surface area contributed by atoms with Crippen LogP contribution < -0.4 is 9.62 Å². The number of carboxylic acids is 1. The van der Waals surface area contributed by atoms with Gasteiger partial charge in [0.15, 0.2) is 0 Å². The summed E-state index contributed by atoms with van der Waals surface area (Å²) in [5.41, 5.74) is 0.280. The van der Waals surface area contributed by atoms with Crippen molar-refractivity contribution in [3.8, 4) is 0 Å². The van der Waals surface area contributed by atoms with Gasteiger partial charge in [0, 0.05) is 17.9 Å². The molecular formula is C16H20N2O5S2. The predicted octanol–water partition coefficient (Wildman–Crippen LogP) is 1.23. The minimum absolute atomic E-state index is 0.132. The van der Waals surface area contributed by atoms with E-state index in [9.17, 15) is 23.1 Å². The molecule has 7 nitrogen and oxygen atoms in total. The van der Waals surface area contributed by atoms with Crippen LogP contribution >= 0.6 is 11.8 Å². The largest absolute Gasteiger partial charge is 0.479 e. The summed E-state index contributed by atoms with van der Waals surface area (Å²) in [7, 11) is -3.28. The summed E-state index contributed by atoms with van der Waals surface area (Å²) in [6, 6.07) is 4.82. The van der Waals surface area contributed by atoms with Gasteiger partial charge < -0.3 is 10.4 Å². The van der Waals surface area contributed by atoms with E-state index in [1.807, 2.05) is 0 Å². The molecule has 1 unspecified atom stereocenters. The third-order valence-electron chi connectivity index (χ3n) is 4.63. The van der Waals surface area contributed by atoms with Crippen molar-refractivity contribution in [2.75, 3.05) is 28.1 Å². The molecular weight excluding hydrogens is 364 g/mol. The molecule has 2 heterocycles. The molecule has 25 heavy (non-hydrogen) atoms. The lowest BCUT2D eigenvalue weighted by Gasteiger charge is -2.25. The van der Waals surface area contributed by atoms with Crippen molar-refractivity contribution < 1.29 is 23.1 Å². The second kappa shape index (κ2) is 6.53. The Bertz CT molecular complexity index is 816. The van der Waals surface area contributed by atoms with Crippen LogP contribution in [0.3, 0.4) is 0 Å². The van der Waals surface area contributed by atoms with Crippen molar-refractivity contribution in [2.24, 2.45) is 0 Å². The molecule has 0 aromatic heterocycles. The van der Waals surface area contributed by atoms with Crippen LogP contribution in [0, 0.1) is 6.92 Å². The quantitative estimate of drug-likeness (QED) is 0.809. The molecule has 0 aliphatic carbocycles. The Morgan fingerprint density at radius 2 is 2.12 bits per heavy atom. The summed E-state index contributed by atoms with van der Waals surface area (Å²) in [5.74, 6) is -0.303. The fraction of sp³-hybridized carbons (Fsp3) is 0.500. The van der Waals surface area contributed by atoms with Crippen molar-refractivity contribution in [2.45, 2.75) is 25.3 Å². The third kappa shape index (κ3) is 3.35. The van der Waals surface area contributed by atoms with Gasteiger partial charge in [-0.3, -0.25) is 9.10 Å². The second-order valence-electron chi connectivity index (χ2n) is 6.38. The van der Waals surface area contributed by atoms with Crippen LogP contribution in [0.2, 0.25) is 0 Å². The van der Waals surface area contributed by atoms with Crippen LogP contribution in [0.25, 0.3) is 0 Å². The Morgan fingerprint density at radius 1 is 1.36 bits per heavy atom. The summed E-state index contributed by atoms with van der Waals surface area (Å²) >= 11 is 1.50. The zero-order chi connectivity index (χ0) is 18.2. The first-order chi connectivity index (χ1) is 11.8. The maximum absolute atomic E-state index is 12.6. The van der Waals surface area contributed by atoms with Crippen LogP contribution in [0.5, 0.6) is 0 Å². The van der Waals surface area contributed by atoms with E-state index in [1.165, 1.54) is 16.1 Å². The molecule has 1 amide bonds. The Labute approximate surface area is 150 Å². The molecule has 0 spiro atoms. The number of hydrogen-bond acceptors (Lipinski definition) is 5. The van der Waals surface area contributed by atoms with Gasteiger partial charge in [-0.1, -0.05) is 0 Å². The van der Waals surface area contributed by atoms with Gasteiger partial charge in [0.05, 0.1) is 11.4 Å². The number of amides is 1. The van der Waals surface area contributed by atoms with Gasteiger partial charge >= 0.3 is 5.97 Å². The average molecular weight is 384 g/mol. The number of nitrogens with one attached hydrogen (secondary N) is 1. The number of benzene rings is 1. The molecule has 2 aliphatic heterocycles. The molecule has 1 aromatic rings. The van der Waals surface area contributed by atoms with Crippen LogP contribution in [0.4, 0.5) is 5.69 Å². The normalized spacial score (nSPS) is 25.1. The lowest BCUT2D eigenvalue weighted by molar-refractivity contribution is -0.143. The van der Waals surface area contributed by atoms with E-state index in [0.29, 0.717) is 47.7 Å². The van der Waals surface area contributed by atoms with E-state index in [4.69, 9.17) is 0 Å². The van der Waals surface area contributed by atoms with E-state index in [0.717, 1.165) is 0 Å². The zero-order valence-corrected chi connectivity index (χ0v) is 15.5. The maximum atomic E-state index is 12.6. The Kier molecular flexibility index (Phi) is 4.72. The molecule has 2 aliphatic rings. The van der Waals surface area contributed by atoms with Crippen molar-refractivity contribution in [1.82, 2.24) is 5.32 Å². The van der Waals surface area contributed by atoms with E-state index >= 15 is 0 Å². The van der Waals surface area contributed by atoms with Crippen molar-refractivity contribution in [3.63, 3.8) is 0 Å². The van der Waals surface area contributed by atoms with Crippen molar-refractivity contribution >= 4 is 39.3 Å². The first kappa shape index (κ1) is 18.1. The molecule has 2 saturated heterocycles. The Balaban J connectivity index is 1.83. The molecule has 0 bridgehead atoms. The lowest BCUT2D eigenvalue weighted by atomic mass is 9.97. The van der Waals surface area contributed by atoms with Crippen LogP contribution in [-0.2, 0) is 14.8 Å². The van der Waals surface area contributed by atoms with Crippen molar-refractivity contribution in [3.05, 3.63) is 29.3 Å². The number of nitrogens with zero attached hydrogens (tertiary/aromatic N) is 1. The average Bonchev–Trinajstić information content (AvgIpc) is 3.14. The van der Waals surface area contributed by atoms with Gasteiger partial charge in [-0.2, -0.15) is 11.8 Å². The smallest absolute Gasteiger partial charge is 0.330 e. The molecule has 1 atom stereocenters. The standard InChI is InChI=1S/C16H20N2O5S2/c1-11-9-12(18-6-2-8-25(18,22)23)3-4-13(11)14(19)17-16(15(20)21)5-7-24-10-16/h3-4,9H,2,5-8,10H2,1H3,(H,17,19)(H,20,21). The van der Waals surface area contributed by atoms with E-state index in [-0.39, 0.29) is 5.75 Å². The minimum atomic E-state index is -3.28. The zero-order valence-electron chi connectivity index (χ0n) is 13.8. The van der Waals surface area contributed by atoms with Crippen LogP contribution in [-0.4, -0.2) is 54.7 Å². The van der Waals surface area contributed by atoms with Crippen LogP contribution in [0.1, 0.15) is 28.8 Å². The number of aliphatic carboxylic acids is 1. The maximum Gasteiger partial charge on any atom is 0.330 e. The molecule has 1 aromatic carbocycles. The fourth-order valence-electron chi connectivity index (χ4n) is 3.16. The van der Waals surface area contributed by atoms with Gasteiger partial charge in [-0.05, 0) is 49.3 Å². The number of thioether (sulfide) groups is 1. The molecule has 0 saturated carbocycles. The Morgan fingerprint density at radius 3 is 2.64 bits per heavy atom. The summed E-state index contributed by atoms with van der Waals surface area (Å²) in [6.07, 6.45) is 0.976. The summed E-state index contributed by atoms with van der Waals surface area (Å²) in [5, 5.41) is 12.1. The number of sulfonamides is 1. The number of aryl methyl sites for hydroxylation is 1. The van der Waals surface area contributed by atoms with Gasteiger partial charge in [0.2, 0.25) is 10.0 Å². The number of anilines is 1. The minimum Gasteiger partial charge on any atom is -0.479 e. The van der Waals surface area contributed by atoms with Gasteiger partial charge in [-0.15, -0.1) is 0 Å². The summed E-state index contributed by atoms with van der Waals surface area (Å²) in [4.78, 5) is 24.1. The first-order valence-electron chi connectivity index (χ1n) is 8.00. The highest BCUT2D eigenvalue weighted by atomic mass is 32.2. The highest BCUT2D eigenvalue weighted by Crippen LogP contribution is 2.30. The molecule has 2 N–H and O–H groups in total. The number of carboxylic acid groups (broad SMARTS) is 1. The highest BCUT2D eigenvalue weighted by Gasteiger charge is 2.43.